The average molecular weight is 835 g/mol. The van der Waals surface area contributed by atoms with Crippen LogP contribution in [-0.4, -0.2) is 67.5 Å². The molecule has 0 saturated heterocycles. The summed E-state index contributed by atoms with van der Waals surface area (Å²) >= 11 is 7.01. The van der Waals surface area contributed by atoms with Crippen LogP contribution in [0.5, 0.6) is 5.75 Å². The Kier molecular flexibility index (Phi) is 11.1. The second kappa shape index (κ2) is 16.3. The molecular formula is C45H48ClFN8O5. The Morgan fingerprint density at radius 3 is 2.43 bits per heavy atom. The van der Waals surface area contributed by atoms with Crippen molar-refractivity contribution < 1.29 is 28.6 Å². The molecule has 1 aliphatic heterocycles. The van der Waals surface area contributed by atoms with Crippen LogP contribution in [0.2, 0.25) is 5.02 Å². The molecule has 2 saturated carbocycles. The maximum absolute atomic E-state index is 14.5. The van der Waals surface area contributed by atoms with E-state index in [4.69, 9.17) is 21.3 Å². The lowest BCUT2D eigenvalue weighted by Crippen LogP contribution is -2.34. The van der Waals surface area contributed by atoms with Crippen molar-refractivity contribution in [3.05, 3.63) is 111 Å². The van der Waals surface area contributed by atoms with E-state index in [9.17, 15) is 23.9 Å². The van der Waals surface area contributed by atoms with Gasteiger partial charge in [-0.25, -0.2) is 9.37 Å². The van der Waals surface area contributed by atoms with Crippen LogP contribution in [0.15, 0.2) is 60.9 Å². The standard InChI is InChI=1S/C45H48ClFN8O5/c1-26-29(7-5-9-31(26)52-41(56)34-21-37(60-4)28(23-50-34)22-49-33-11-18-48-27(2)39(33)47)30-8-6-10-32(38(30)46)53-42(57)40-51-35-24-55(19-12-36(35)54(40)3)20-17-44-13-15-45(25-44,16-14-44)43(58)59/h5-11,18,21,23H,12-17,19-20,22,24-25H2,1-4H3,(H,48,49)(H,52,56)(H,53,57)(H,58,59). The molecule has 3 aliphatic rings. The normalized spacial score (nSPS) is 19.5. The van der Waals surface area contributed by atoms with E-state index in [0.717, 1.165) is 80.6 Å². The van der Waals surface area contributed by atoms with E-state index >= 15 is 0 Å². The van der Waals surface area contributed by atoms with Crippen molar-refractivity contribution in [3.8, 4) is 16.9 Å². The number of hydrogen-bond acceptors (Lipinski definition) is 9. The molecule has 2 aliphatic carbocycles. The zero-order chi connectivity index (χ0) is 42.3. The molecule has 3 aromatic heterocycles. The number of carboxylic acids is 1. The van der Waals surface area contributed by atoms with E-state index in [0.29, 0.717) is 51.3 Å². The fourth-order valence-electron chi connectivity index (χ4n) is 9.38. The second-order valence-corrected chi connectivity index (χ2v) is 16.9. The number of carbonyl (C=O) groups excluding carboxylic acids is 2. The Morgan fingerprint density at radius 1 is 0.967 bits per heavy atom. The van der Waals surface area contributed by atoms with Gasteiger partial charge < -0.3 is 30.4 Å². The number of ether oxygens (including phenoxy) is 1. The number of pyridine rings is 2. The second-order valence-electron chi connectivity index (χ2n) is 16.5. The number of benzene rings is 2. The van der Waals surface area contributed by atoms with E-state index in [1.54, 1.807) is 25.1 Å². The van der Waals surface area contributed by atoms with Crippen LogP contribution in [0.3, 0.4) is 0 Å². The Labute approximate surface area is 352 Å². The summed E-state index contributed by atoms with van der Waals surface area (Å²) in [7, 11) is 3.36. The van der Waals surface area contributed by atoms with Crippen LogP contribution in [0.4, 0.5) is 21.5 Å². The Hall–Kier alpha value is -5.86. The molecule has 0 unspecified atom stereocenters. The van der Waals surface area contributed by atoms with Crippen molar-refractivity contribution in [2.75, 3.05) is 36.1 Å². The first-order valence-electron chi connectivity index (χ1n) is 20.2. The topological polar surface area (TPSA) is 164 Å². The van der Waals surface area contributed by atoms with E-state index in [-0.39, 0.29) is 29.3 Å². The van der Waals surface area contributed by atoms with E-state index < -0.39 is 23.1 Å². The van der Waals surface area contributed by atoms with Gasteiger partial charge in [0.15, 0.2) is 11.6 Å². The van der Waals surface area contributed by atoms with Crippen molar-refractivity contribution in [3.63, 3.8) is 0 Å². The summed E-state index contributed by atoms with van der Waals surface area (Å²) in [5.41, 5.74) is 6.01. The van der Waals surface area contributed by atoms with E-state index in [2.05, 4.69) is 30.8 Å². The molecule has 0 radical (unpaired) electrons. The molecule has 312 valence electrons. The number of rotatable bonds is 13. The molecule has 2 amide bonds. The number of aryl methyl sites for hydroxylation is 1. The van der Waals surface area contributed by atoms with Gasteiger partial charge in [-0.05, 0) is 93.7 Å². The molecule has 15 heteroatoms. The molecule has 4 N–H and O–H groups in total. The quantitative estimate of drug-likeness (QED) is 0.0910. The number of imidazole rings is 1. The van der Waals surface area contributed by atoms with E-state index in [1.165, 1.54) is 25.6 Å². The molecule has 60 heavy (non-hydrogen) atoms. The molecule has 2 aromatic carbocycles. The van der Waals surface area contributed by atoms with Crippen LogP contribution in [0.25, 0.3) is 11.1 Å². The average Bonchev–Trinajstić information content (AvgIpc) is 3.93. The number of nitrogens with one attached hydrogen (secondary N) is 3. The molecule has 13 nitrogen and oxygen atoms in total. The zero-order valence-corrected chi connectivity index (χ0v) is 34.9. The van der Waals surface area contributed by atoms with Gasteiger partial charge in [-0.2, -0.15) is 0 Å². The first kappa shape index (κ1) is 40.9. The molecule has 0 spiro atoms. The molecule has 8 rings (SSSR count). The molecule has 0 atom stereocenters. The van der Waals surface area contributed by atoms with Crippen LogP contribution >= 0.6 is 11.6 Å². The van der Waals surface area contributed by atoms with E-state index in [1.807, 2.05) is 42.8 Å². The summed E-state index contributed by atoms with van der Waals surface area (Å²) < 4.78 is 21.9. The third kappa shape index (κ3) is 7.69. The van der Waals surface area contributed by atoms with Gasteiger partial charge in [-0.15, -0.1) is 0 Å². The van der Waals surface area contributed by atoms with Gasteiger partial charge in [-0.1, -0.05) is 35.9 Å². The number of carbonyl (C=O) groups is 3. The molecule has 2 fully saturated rings. The van der Waals surface area contributed by atoms with Gasteiger partial charge in [0.05, 0.1) is 40.3 Å². The van der Waals surface area contributed by atoms with Crippen molar-refractivity contribution in [2.24, 2.45) is 17.9 Å². The number of carboxylic acid groups (broad SMARTS) is 1. The number of halogens is 2. The van der Waals surface area contributed by atoms with Crippen LogP contribution in [0.1, 0.15) is 87.8 Å². The number of methoxy groups -OCH3 is 1. The fraction of sp³-hybridized carbons (Fsp3) is 0.378. The predicted molar refractivity (Wildman–Crippen MR) is 227 cm³/mol. The largest absolute Gasteiger partial charge is 0.496 e. The molecule has 5 aromatic rings. The Morgan fingerprint density at radius 2 is 1.70 bits per heavy atom. The van der Waals surface area contributed by atoms with Crippen molar-refractivity contribution in [1.82, 2.24) is 24.4 Å². The fourth-order valence-corrected chi connectivity index (χ4v) is 9.66. The summed E-state index contributed by atoms with van der Waals surface area (Å²) in [5, 5.41) is 19.1. The summed E-state index contributed by atoms with van der Waals surface area (Å²) in [6.07, 6.45) is 9.12. The van der Waals surface area contributed by atoms with Crippen LogP contribution in [0, 0.1) is 30.5 Å². The monoisotopic (exact) mass is 834 g/mol. The van der Waals surface area contributed by atoms with Gasteiger partial charge in [0.25, 0.3) is 11.8 Å². The molecule has 2 bridgehead atoms. The van der Waals surface area contributed by atoms with Gasteiger partial charge in [0, 0.05) is 74.1 Å². The van der Waals surface area contributed by atoms with Crippen molar-refractivity contribution in [1.29, 1.82) is 0 Å². The maximum atomic E-state index is 14.5. The van der Waals surface area contributed by atoms with Gasteiger partial charge >= 0.3 is 5.97 Å². The number of anilines is 3. The minimum Gasteiger partial charge on any atom is -0.496 e. The van der Waals surface area contributed by atoms with Gasteiger partial charge in [0.1, 0.15) is 11.4 Å². The Balaban J connectivity index is 0.924. The van der Waals surface area contributed by atoms with Crippen LogP contribution < -0.4 is 20.7 Å². The predicted octanol–water partition coefficient (Wildman–Crippen LogP) is 8.20. The minimum absolute atomic E-state index is 0.124. The Bertz CT molecular complexity index is 2520. The molecule has 4 heterocycles. The van der Waals surface area contributed by atoms with Crippen molar-refractivity contribution >= 4 is 46.4 Å². The first-order chi connectivity index (χ1) is 28.8. The smallest absolute Gasteiger partial charge is 0.309 e. The molecular weight excluding hydrogens is 787 g/mol. The number of nitrogens with zero attached hydrogens (tertiary/aromatic N) is 5. The maximum Gasteiger partial charge on any atom is 0.309 e. The highest BCUT2D eigenvalue weighted by atomic mass is 35.5. The number of fused-ring (bicyclic) bond motifs is 3. The summed E-state index contributed by atoms with van der Waals surface area (Å²) in [5.74, 6) is -1.19. The lowest BCUT2D eigenvalue weighted by atomic mass is 9.80. The summed E-state index contributed by atoms with van der Waals surface area (Å²) in [6.45, 7) is 6.05. The number of aromatic nitrogens is 4. The van der Waals surface area contributed by atoms with Gasteiger partial charge in [-0.3, -0.25) is 29.3 Å². The zero-order valence-electron chi connectivity index (χ0n) is 34.1. The summed E-state index contributed by atoms with van der Waals surface area (Å²) in [6, 6.07) is 14.0. The number of hydrogen-bond donors (Lipinski definition) is 4. The number of aliphatic carboxylic acids is 1. The minimum atomic E-state index is -0.634. The third-order valence-electron chi connectivity index (χ3n) is 13.0. The van der Waals surface area contributed by atoms with Crippen molar-refractivity contribution in [2.45, 2.75) is 71.9 Å². The number of amides is 2. The van der Waals surface area contributed by atoms with Crippen LogP contribution in [-0.2, 0) is 31.4 Å². The summed E-state index contributed by atoms with van der Waals surface area (Å²) in [4.78, 5) is 54.7. The third-order valence-corrected chi connectivity index (χ3v) is 13.4. The lowest BCUT2D eigenvalue weighted by Gasteiger charge is -2.32. The highest BCUT2D eigenvalue weighted by molar-refractivity contribution is 6.36. The highest BCUT2D eigenvalue weighted by Crippen LogP contribution is 2.63. The SMILES string of the molecule is COc1cc(C(=O)Nc2cccc(-c3cccc(NC(=O)c4nc5c(n4C)CCN(CCC46CCC(C(=O)O)(CC4)C6)C5)c3Cl)c2C)ncc1CNc1ccnc(C)c1F. The van der Waals surface area contributed by atoms with Gasteiger partial charge in [0.2, 0.25) is 0 Å². The lowest BCUT2D eigenvalue weighted by molar-refractivity contribution is -0.148. The first-order valence-corrected chi connectivity index (χ1v) is 20.6. The highest BCUT2D eigenvalue weighted by Gasteiger charge is 2.57.